The smallest absolute Gasteiger partial charge is 0.109 e. The summed E-state index contributed by atoms with van der Waals surface area (Å²) in [5.74, 6) is 1.32. The van der Waals surface area contributed by atoms with Gasteiger partial charge in [-0.2, -0.15) is 0 Å². The highest BCUT2D eigenvalue weighted by atomic mass is 16.5. The molecule has 1 aromatic carbocycles. The molecule has 1 spiro atoms. The highest BCUT2D eigenvalue weighted by Crippen LogP contribution is 2.51. The van der Waals surface area contributed by atoms with E-state index in [1.807, 2.05) is 0 Å². The summed E-state index contributed by atoms with van der Waals surface area (Å²) in [6.07, 6.45) is 4.95. The predicted molar refractivity (Wildman–Crippen MR) is 72.8 cm³/mol. The summed E-state index contributed by atoms with van der Waals surface area (Å²) in [7, 11) is 0. The Hall–Kier alpha value is -1.28. The molecule has 1 unspecified atom stereocenters. The Bertz CT molecular complexity index is 506. The fourth-order valence-electron chi connectivity index (χ4n) is 3.84. The SMILES string of the molecule is Cc1ccc(N2CC3[C@@H](C)[C@H]4C=C[C@]3(C2)O4)cc1. The standard InChI is InChI=1S/C16H19NO/c1-11-3-5-13(6-4-11)17-9-14-12(2)15-7-8-16(14,10-17)18-15/h3-8,12,14-15H,9-10H2,1-2H3/t12-,14?,15-,16-/m1/s1. The van der Waals surface area contributed by atoms with Gasteiger partial charge in [0.05, 0.1) is 12.6 Å². The van der Waals surface area contributed by atoms with E-state index < -0.39 is 0 Å². The molecule has 3 aliphatic heterocycles. The molecule has 3 aliphatic rings. The number of fused-ring (bicyclic) bond motifs is 1. The maximum atomic E-state index is 6.22. The van der Waals surface area contributed by atoms with Crippen molar-refractivity contribution in [3.05, 3.63) is 42.0 Å². The van der Waals surface area contributed by atoms with Gasteiger partial charge in [-0.05, 0) is 25.0 Å². The first-order chi connectivity index (χ1) is 8.68. The zero-order valence-corrected chi connectivity index (χ0v) is 11.0. The van der Waals surface area contributed by atoms with Crippen LogP contribution >= 0.6 is 0 Å². The highest BCUT2D eigenvalue weighted by Gasteiger charge is 2.59. The van der Waals surface area contributed by atoms with Gasteiger partial charge in [-0.15, -0.1) is 0 Å². The van der Waals surface area contributed by atoms with Crippen molar-refractivity contribution < 1.29 is 4.74 Å². The van der Waals surface area contributed by atoms with Crippen molar-refractivity contribution in [2.45, 2.75) is 25.6 Å². The van der Waals surface area contributed by atoms with Crippen molar-refractivity contribution in [3.8, 4) is 0 Å². The Morgan fingerprint density at radius 3 is 2.78 bits per heavy atom. The summed E-state index contributed by atoms with van der Waals surface area (Å²) in [5.41, 5.74) is 2.66. The molecule has 2 nitrogen and oxygen atoms in total. The highest BCUT2D eigenvalue weighted by molar-refractivity contribution is 5.51. The number of nitrogens with zero attached hydrogens (tertiary/aromatic N) is 1. The van der Waals surface area contributed by atoms with Gasteiger partial charge in [0.25, 0.3) is 0 Å². The van der Waals surface area contributed by atoms with Crippen molar-refractivity contribution in [1.82, 2.24) is 0 Å². The van der Waals surface area contributed by atoms with Gasteiger partial charge in [0, 0.05) is 18.2 Å². The molecule has 0 amide bonds. The molecule has 4 atom stereocenters. The number of rotatable bonds is 1. The third kappa shape index (κ3) is 1.27. The van der Waals surface area contributed by atoms with E-state index in [0.717, 1.165) is 13.1 Å². The number of aryl methyl sites for hydroxylation is 1. The summed E-state index contributed by atoms with van der Waals surface area (Å²) < 4.78 is 6.22. The zero-order valence-electron chi connectivity index (χ0n) is 11.0. The van der Waals surface area contributed by atoms with Gasteiger partial charge in [0.15, 0.2) is 0 Å². The fraction of sp³-hybridized carbons (Fsp3) is 0.500. The third-order valence-corrected chi connectivity index (χ3v) is 4.96. The fourth-order valence-corrected chi connectivity index (χ4v) is 3.84. The Balaban J connectivity index is 1.64. The van der Waals surface area contributed by atoms with Crippen LogP contribution in [0.1, 0.15) is 12.5 Å². The summed E-state index contributed by atoms with van der Waals surface area (Å²) in [5, 5.41) is 0. The van der Waals surface area contributed by atoms with Gasteiger partial charge in [0.2, 0.25) is 0 Å². The molecule has 0 N–H and O–H groups in total. The molecule has 0 radical (unpaired) electrons. The molecule has 94 valence electrons. The number of ether oxygens (including phenoxy) is 1. The molecule has 2 bridgehead atoms. The van der Waals surface area contributed by atoms with Gasteiger partial charge in [-0.25, -0.2) is 0 Å². The number of benzene rings is 1. The molecule has 18 heavy (non-hydrogen) atoms. The molecule has 0 aromatic heterocycles. The lowest BCUT2D eigenvalue weighted by molar-refractivity contribution is 0.0330. The van der Waals surface area contributed by atoms with Crippen molar-refractivity contribution in [1.29, 1.82) is 0 Å². The first-order valence-corrected chi connectivity index (χ1v) is 6.87. The molecule has 1 aromatic rings. The number of hydrogen-bond acceptors (Lipinski definition) is 2. The van der Waals surface area contributed by atoms with Crippen LogP contribution < -0.4 is 4.90 Å². The van der Waals surface area contributed by atoms with Crippen LogP contribution in [-0.4, -0.2) is 24.8 Å². The van der Waals surface area contributed by atoms with Crippen LogP contribution in [0.4, 0.5) is 5.69 Å². The molecule has 2 fully saturated rings. The maximum Gasteiger partial charge on any atom is 0.109 e. The van der Waals surface area contributed by atoms with E-state index in [2.05, 4.69) is 55.2 Å². The van der Waals surface area contributed by atoms with Crippen molar-refractivity contribution >= 4 is 5.69 Å². The lowest BCUT2D eigenvalue weighted by Crippen LogP contribution is -2.34. The van der Waals surface area contributed by atoms with E-state index in [-0.39, 0.29) is 5.60 Å². The molecule has 2 heteroatoms. The van der Waals surface area contributed by atoms with E-state index >= 15 is 0 Å². The predicted octanol–water partition coefficient (Wildman–Crippen LogP) is 2.77. The Labute approximate surface area is 108 Å². The summed E-state index contributed by atoms with van der Waals surface area (Å²) in [6.45, 7) is 6.61. The van der Waals surface area contributed by atoms with Crippen molar-refractivity contribution in [2.75, 3.05) is 18.0 Å². The van der Waals surface area contributed by atoms with Crippen LogP contribution in [0.3, 0.4) is 0 Å². The largest absolute Gasteiger partial charge is 0.368 e. The molecular weight excluding hydrogens is 222 g/mol. The lowest BCUT2D eigenvalue weighted by Gasteiger charge is -2.23. The molecule has 0 aliphatic carbocycles. The quantitative estimate of drug-likeness (QED) is 0.701. The van der Waals surface area contributed by atoms with Gasteiger partial charge >= 0.3 is 0 Å². The van der Waals surface area contributed by atoms with Gasteiger partial charge in [-0.3, -0.25) is 0 Å². The van der Waals surface area contributed by atoms with E-state index in [4.69, 9.17) is 4.74 Å². The van der Waals surface area contributed by atoms with Crippen LogP contribution in [0.5, 0.6) is 0 Å². The van der Waals surface area contributed by atoms with Crippen LogP contribution in [0.2, 0.25) is 0 Å². The average molecular weight is 241 g/mol. The molecule has 2 saturated heterocycles. The van der Waals surface area contributed by atoms with Crippen LogP contribution in [0, 0.1) is 18.8 Å². The summed E-state index contributed by atoms with van der Waals surface area (Å²) in [6, 6.07) is 8.85. The molecule has 3 heterocycles. The molecule has 0 saturated carbocycles. The van der Waals surface area contributed by atoms with E-state index in [1.165, 1.54) is 11.3 Å². The minimum absolute atomic E-state index is 0.00890. The van der Waals surface area contributed by atoms with Crippen LogP contribution in [0.15, 0.2) is 36.4 Å². The van der Waals surface area contributed by atoms with Crippen molar-refractivity contribution in [2.24, 2.45) is 11.8 Å². The summed E-state index contributed by atoms with van der Waals surface area (Å²) in [4.78, 5) is 2.48. The van der Waals surface area contributed by atoms with Crippen LogP contribution in [0.25, 0.3) is 0 Å². The van der Waals surface area contributed by atoms with E-state index in [9.17, 15) is 0 Å². The van der Waals surface area contributed by atoms with Gasteiger partial charge in [-0.1, -0.05) is 36.8 Å². The normalized spacial score (nSPS) is 40.6. The monoisotopic (exact) mass is 241 g/mol. The first-order valence-electron chi connectivity index (χ1n) is 6.87. The minimum Gasteiger partial charge on any atom is -0.368 e. The molecular formula is C16H19NO. The van der Waals surface area contributed by atoms with Gasteiger partial charge < -0.3 is 9.64 Å². The summed E-state index contributed by atoms with van der Waals surface area (Å²) >= 11 is 0. The second-order valence-corrected chi connectivity index (χ2v) is 6.08. The Morgan fingerprint density at radius 2 is 2.06 bits per heavy atom. The minimum atomic E-state index is 0.00890. The lowest BCUT2D eigenvalue weighted by atomic mass is 9.79. The number of anilines is 1. The Morgan fingerprint density at radius 1 is 1.28 bits per heavy atom. The Kier molecular flexibility index (Phi) is 2.00. The first kappa shape index (κ1) is 10.6. The topological polar surface area (TPSA) is 12.5 Å². The zero-order chi connectivity index (χ0) is 12.3. The van der Waals surface area contributed by atoms with Gasteiger partial charge in [0.1, 0.15) is 5.60 Å². The van der Waals surface area contributed by atoms with Crippen molar-refractivity contribution in [3.63, 3.8) is 0 Å². The van der Waals surface area contributed by atoms with Crippen LogP contribution in [-0.2, 0) is 4.74 Å². The maximum absolute atomic E-state index is 6.22. The third-order valence-electron chi connectivity index (χ3n) is 4.96. The number of hydrogen-bond donors (Lipinski definition) is 0. The molecule has 4 rings (SSSR count). The second-order valence-electron chi connectivity index (χ2n) is 6.08. The van der Waals surface area contributed by atoms with E-state index in [1.54, 1.807) is 0 Å². The van der Waals surface area contributed by atoms with E-state index in [0.29, 0.717) is 17.9 Å². The second kappa shape index (κ2) is 3.39. The average Bonchev–Trinajstić information content (AvgIpc) is 3.01.